The van der Waals surface area contributed by atoms with Crippen molar-refractivity contribution in [2.24, 2.45) is 5.92 Å². The molecule has 1 aromatic carbocycles. The quantitative estimate of drug-likeness (QED) is 0.319. The van der Waals surface area contributed by atoms with E-state index in [2.05, 4.69) is 17.6 Å². The summed E-state index contributed by atoms with van der Waals surface area (Å²) >= 11 is 0. The molecule has 2 rings (SSSR count). The molecule has 0 fully saturated rings. The van der Waals surface area contributed by atoms with Gasteiger partial charge in [0.2, 0.25) is 0 Å². The number of benzene rings is 1. The van der Waals surface area contributed by atoms with Crippen LogP contribution in [0.5, 0.6) is 11.5 Å². The van der Waals surface area contributed by atoms with E-state index in [-0.39, 0.29) is 11.9 Å². The number of hydrogen-bond donors (Lipinski definition) is 2. The minimum Gasteiger partial charge on any atom is -0.493 e. The van der Waals surface area contributed by atoms with Crippen LogP contribution in [0.1, 0.15) is 77.3 Å². The molecule has 7 heteroatoms. The maximum atomic E-state index is 12.6. The van der Waals surface area contributed by atoms with Gasteiger partial charge in [0.15, 0.2) is 11.5 Å². The third-order valence-corrected chi connectivity index (χ3v) is 5.61. The van der Waals surface area contributed by atoms with Crippen molar-refractivity contribution in [2.45, 2.75) is 71.8 Å². The zero-order valence-electron chi connectivity index (χ0n) is 20.1. The van der Waals surface area contributed by atoms with Crippen molar-refractivity contribution in [3.8, 4) is 11.5 Å². The van der Waals surface area contributed by atoms with Gasteiger partial charge in [-0.3, -0.25) is 0 Å². The second-order valence-corrected chi connectivity index (χ2v) is 8.39. The largest absolute Gasteiger partial charge is 0.493 e. The maximum absolute atomic E-state index is 12.6. The molecule has 0 saturated heterocycles. The van der Waals surface area contributed by atoms with E-state index in [1.807, 2.05) is 26.0 Å². The zero-order valence-corrected chi connectivity index (χ0v) is 20.1. The van der Waals surface area contributed by atoms with Gasteiger partial charge in [0.25, 0.3) is 0 Å². The number of hydrogen-bond acceptors (Lipinski definition) is 5. The summed E-state index contributed by atoms with van der Waals surface area (Å²) in [6, 6.07) is 4.48. The Bertz CT molecular complexity index is 804. The van der Waals surface area contributed by atoms with E-state index < -0.39 is 12.0 Å². The first-order chi connectivity index (χ1) is 15.4. The molecule has 1 aromatic rings. The van der Waals surface area contributed by atoms with Gasteiger partial charge in [0, 0.05) is 5.70 Å². The molecule has 32 heavy (non-hydrogen) atoms. The Labute approximate surface area is 191 Å². The van der Waals surface area contributed by atoms with Crippen molar-refractivity contribution < 1.29 is 23.8 Å². The Morgan fingerprint density at radius 1 is 1.03 bits per heavy atom. The van der Waals surface area contributed by atoms with Gasteiger partial charge >= 0.3 is 12.0 Å². The summed E-state index contributed by atoms with van der Waals surface area (Å²) in [6.07, 6.45) is 8.53. The molecule has 1 aliphatic heterocycles. The average molecular weight is 447 g/mol. The molecule has 1 atom stereocenters. The van der Waals surface area contributed by atoms with Crippen LogP contribution in [-0.2, 0) is 9.53 Å². The van der Waals surface area contributed by atoms with Gasteiger partial charge in [0.1, 0.15) is 0 Å². The summed E-state index contributed by atoms with van der Waals surface area (Å²) in [5, 5.41) is 5.58. The lowest BCUT2D eigenvalue weighted by Crippen LogP contribution is -2.47. The summed E-state index contributed by atoms with van der Waals surface area (Å²) in [5.41, 5.74) is 1.67. The SMILES string of the molecule is CCCCCCCCCOc1ccc(C2NC(=O)NC(C(C)C)=C2C(=O)OC)cc1OC. The van der Waals surface area contributed by atoms with Crippen LogP contribution in [0.4, 0.5) is 4.79 Å². The summed E-state index contributed by atoms with van der Waals surface area (Å²) < 4.78 is 16.5. The van der Waals surface area contributed by atoms with Crippen LogP contribution in [0, 0.1) is 5.92 Å². The second-order valence-electron chi connectivity index (χ2n) is 8.39. The smallest absolute Gasteiger partial charge is 0.337 e. The standard InChI is InChI=1S/C25H38N2O5/c1-6-7-8-9-10-11-12-15-32-19-14-13-18(16-20(19)30-4)23-21(24(28)31-5)22(17(2)3)26-25(29)27-23/h13-14,16-17,23H,6-12,15H2,1-5H3,(H2,26,27,29). The topological polar surface area (TPSA) is 85.9 Å². The molecule has 2 amide bonds. The highest BCUT2D eigenvalue weighted by molar-refractivity contribution is 5.95. The van der Waals surface area contributed by atoms with Crippen LogP contribution in [0.25, 0.3) is 0 Å². The number of amides is 2. The van der Waals surface area contributed by atoms with E-state index >= 15 is 0 Å². The third-order valence-electron chi connectivity index (χ3n) is 5.61. The van der Waals surface area contributed by atoms with Crippen LogP contribution in [0.2, 0.25) is 0 Å². The first kappa shape index (κ1) is 25.6. The minimum absolute atomic E-state index is 0.0517. The van der Waals surface area contributed by atoms with E-state index in [1.54, 1.807) is 13.2 Å². The molecule has 1 unspecified atom stereocenters. The average Bonchev–Trinajstić information content (AvgIpc) is 2.79. The van der Waals surface area contributed by atoms with E-state index in [1.165, 1.54) is 39.2 Å². The molecule has 0 saturated carbocycles. The molecule has 0 aliphatic carbocycles. The maximum Gasteiger partial charge on any atom is 0.337 e. The lowest BCUT2D eigenvalue weighted by atomic mass is 9.91. The van der Waals surface area contributed by atoms with Gasteiger partial charge in [-0.15, -0.1) is 0 Å². The lowest BCUT2D eigenvalue weighted by Gasteiger charge is -2.31. The highest BCUT2D eigenvalue weighted by atomic mass is 16.5. The molecular formula is C25H38N2O5. The van der Waals surface area contributed by atoms with Crippen molar-refractivity contribution in [3.05, 3.63) is 35.0 Å². The van der Waals surface area contributed by atoms with E-state index in [0.717, 1.165) is 18.4 Å². The molecular weight excluding hydrogens is 408 g/mol. The fourth-order valence-electron chi connectivity index (χ4n) is 3.85. The van der Waals surface area contributed by atoms with E-state index in [4.69, 9.17) is 14.2 Å². The number of ether oxygens (including phenoxy) is 3. The zero-order chi connectivity index (χ0) is 23.5. The fourth-order valence-corrected chi connectivity index (χ4v) is 3.85. The van der Waals surface area contributed by atoms with Gasteiger partial charge in [-0.1, -0.05) is 65.4 Å². The summed E-state index contributed by atoms with van der Waals surface area (Å²) in [4.78, 5) is 24.8. The highest BCUT2D eigenvalue weighted by Crippen LogP contribution is 2.35. The van der Waals surface area contributed by atoms with Crippen LogP contribution < -0.4 is 20.1 Å². The molecule has 2 N–H and O–H groups in total. The number of urea groups is 1. The summed E-state index contributed by atoms with van der Waals surface area (Å²) in [6.45, 7) is 6.68. The van der Waals surface area contributed by atoms with Crippen LogP contribution in [0.15, 0.2) is 29.5 Å². The van der Waals surface area contributed by atoms with Crippen LogP contribution in [-0.4, -0.2) is 32.8 Å². The molecule has 1 heterocycles. The van der Waals surface area contributed by atoms with Crippen molar-refractivity contribution in [1.29, 1.82) is 0 Å². The Balaban J connectivity index is 2.12. The van der Waals surface area contributed by atoms with Crippen molar-refractivity contribution in [3.63, 3.8) is 0 Å². The monoisotopic (exact) mass is 446 g/mol. The number of unbranched alkanes of at least 4 members (excludes halogenated alkanes) is 6. The second kappa shape index (κ2) is 13.0. The van der Waals surface area contributed by atoms with Crippen LogP contribution in [0.3, 0.4) is 0 Å². The lowest BCUT2D eigenvalue weighted by molar-refractivity contribution is -0.136. The van der Waals surface area contributed by atoms with Gasteiger partial charge in [-0.25, -0.2) is 9.59 Å². The molecule has 1 aliphatic rings. The molecule has 0 radical (unpaired) electrons. The van der Waals surface area contributed by atoms with Gasteiger partial charge in [-0.05, 0) is 30.0 Å². The minimum atomic E-state index is -0.639. The number of carbonyl (C=O) groups excluding carboxylic acids is 2. The normalized spacial score (nSPS) is 15.9. The highest BCUT2D eigenvalue weighted by Gasteiger charge is 2.34. The molecule has 0 aromatic heterocycles. The van der Waals surface area contributed by atoms with Gasteiger partial charge < -0.3 is 24.8 Å². The first-order valence-corrected chi connectivity index (χ1v) is 11.6. The number of nitrogens with one attached hydrogen (secondary N) is 2. The Kier molecular flexibility index (Phi) is 10.4. The predicted molar refractivity (Wildman–Crippen MR) is 125 cm³/mol. The summed E-state index contributed by atoms with van der Waals surface area (Å²) in [5.74, 6) is 0.678. The third kappa shape index (κ3) is 6.90. The van der Waals surface area contributed by atoms with Crippen LogP contribution >= 0.6 is 0 Å². The van der Waals surface area contributed by atoms with Crippen molar-refractivity contribution >= 4 is 12.0 Å². The number of rotatable bonds is 13. The molecule has 178 valence electrons. The van der Waals surface area contributed by atoms with Gasteiger partial charge in [0.05, 0.1) is 32.4 Å². The van der Waals surface area contributed by atoms with Crippen molar-refractivity contribution in [1.82, 2.24) is 10.6 Å². The van der Waals surface area contributed by atoms with Crippen molar-refractivity contribution in [2.75, 3.05) is 20.8 Å². The van der Waals surface area contributed by atoms with E-state index in [0.29, 0.717) is 29.4 Å². The Morgan fingerprint density at radius 2 is 1.72 bits per heavy atom. The molecule has 0 bridgehead atoms. The molecule has 7 nitrogen and oxygen atoms in total. The number of carbonyl (C=O) groups is 2. The van der Waals surface area contributed by atoms with E-state index in [9.17, 15) is 9.59 Å². The summed E-state index contributed by atoms with van der Waals surface area (Å²) in [7, 11) is 2.92. The molecule has 0 spiro atoms. The Hall–Kier alpha value is -2.70. The fraction of sp³-hybridized carbons (Fsp3) is 0.600. The number of esters is 1. The first-order valence-electron chi connectivity index (χ1n) is 11.6. The number of methoxy groups -OCH3 is 2. The number of allylic oxidation sites excluding steroid dienone is 1. The predicted octanol–water partition coefficient (Wildman–Crippen LogP) is 5.26. The Morgan fingerprint density at radius 3 is 2.34 bits per heavy atom. The van der Waals surface area contributed by atoms with Gasteiger partial charge in [-0.2, -0.15) is 0 Å².